The summed E-state index contributed by atoms with van der Waals surface area (Å²) in [4.78, 5) is 2.56. The smallest absolute Gasteiger partial charge is 0.0410 e. The molecule has 1 N–H and O–H groups in total. The van der Waals surface area contributed by atoms with Crippen LogP contribution in [0.5, 0.6) is 0 Å². The van der Waals surface area contributed by atoms with Crippen molar-refractivity contribution >= 4 is 29.7 Å². The number of nitrogens with one attached hydrogen (secondary N) is 1. The van der Waals surface area contributed by atoms with Crippen LogP contribution in [0.25, 0.3) is 0 Å². The number of hydrogen-bond donors (Lipinski definition) is 1. The SMILES string of the molecule is Cl.Clc1ccc2c(c1)[C@H]1CN(Cc3ccccc3)CC[C@@H]1N2. The molecule has 2 aromatic rings. The van der Waals surface area contributed by atoms with Crippen molar-refractivity contribution in [3.05, 3.63) is 64.7 Å². The van der Waals surface area contributed by atoms with E-state index < -0.39 is 0 Å². The number of nitrogens with zero attached hydrogens (tertiary/aromatic N) is 1. The Hall–Kier alpha value is -1.22. The maximum Gasteiger partial charge on any atom is 0.0410 e. The van der Waals surface area contributed by atoms with Gasteiger partial charge in [-0.15, -0.1) is 12.4 Å². The lowest BCUT2D eigenvalue weighted by Crippen LogP contribution is -2.41. The molecule has 2 nitrogen and oxygen atoms in total. The maximum absolute atomic E-state index is 6.18. The standard InChI is InChI=1S/C18H19ClN2.ClH/c19-14-6-7-17-15(10-14)16-12-21(9-8-18(16)20-17)11-13-4-2-1-3-5-13;/h1-7,10,16,18,20H,8-9,11-12H2;1H/t16-,18+;/m1./s1. The van der Waals surface area contributed by atoms with Gasteiger partial charge < -0.3 is 5.32 Å². The Balaban J connectivity index is 0.00000144. The Labute approximate surface area is 142 Å². The molecule has 22 heavy (non-hydrogen) atoms. The van der Waals surface area contributed by atoms with E-state index in [4.69, 9.17) is 11.6 Å². The molecule has 0 radical (unpaired) electrons. The predicted molar refractivity (Wildman–Crippen MR) is 95.2 cm³/mol. The van der Waals surface area contributed by atoms with Gasteiger partial charge in [-0.3, -0.25) is 4.90 Å². The van der Waals surface area contributed by atoms with Crippen molar-refractivity contribution in [1.82, 2.24) is 4.90 Å². The predicted octanol–water partition coefficient (Wildman–Crippen LogP) is 4.55. The normalized spacial score (nSPS) is 23.1. The molecular formula is C18H20Cl2N2. The zero-order chi connectivity index (χ0) is 14.2. The lowest BCUT2D eigenvalue weighted by Gasteiger charge is -2.35. The number of likely N-dealkylation sites (tertiary alicyclic amines) is 1. The third-order valence-electron chi connectivity index (χ3n) is 4.70. The Morgan fingerprint density at radius 1 is 1.14 bits per heavy atom. The van der Waals surface area contributed by atoms with Crippen molar-refractivity contribution in [2.45, 2.75) is 24.9 Å². The topological polar surface area (TPSA) is 15.3 Å². The fourth-order valence-electron chi connectivity index (χ4n) is 3.66. The second-order valence-corrected chi connectivity index (χ2v) is 6.53. The molecule has 2 aliphatic heterocycles. The van der Waals surface area contributed by atoms with E-state index in [1.54, 1.807) is 0 Å². The molecule has 0 spiro atoms. The summed E-state index contributed by atoms with van der Waals surface area (Å²) >= 11 is 6.18. The average molecular weight is 335 g/mol. The molecule has 0 unspecified atom stereocenters. The summed E-state index contributed by atoms with van der Waals surface area (Å²) in [6, 6.07) is 17.6. The molecule has 0 aliphatic carbocycles. The zero-order valence-corrected chi connectivity index (χ0v) is 13.9. The fraction of sp³-hybridized carbons (Fsp3) is 0.333. The molecule has 0 aromatic heterocycles. The van der Waals surface area contributed by atoms with Crippen LogP contribution in [-0.4, -0.2) is 24.0 Å². The highest BCUT2D eigenvalue weighted by Crippen LogP contribution is 2.41. The van der Waals surface area contributed by atoms with Gasteiger partial charge in [0.15, 0.2) is 0 Å². The van der Waals surface area contributed by atoms with Crippen LogP contribution in [0.1, 0.15) is 23.5 Å². The van der Waals surface area contributed by atoms with Gasteiger partial charge in [0.1, 0.15) is 0 Å². The summed E-state index contributed by atoms with van der Waals surface area (Å²) < 4.78 is 0. The van der Waals surface area contributed by atoms with Crippen molar-refractivity contribution in [3.63, 3.8) is 0 Å². The lowest BCUT2D eigenvalue weighted by atomic mass is 9.89. The minimum absolute atomic E-state index is 0. The second-order valence-electron chi connectivity index (χ2n) is 6.10. The van der Waals surface area contributed by atoms with Crippen molar-refractivity contribution < 1.29 is 0 Å². The molecule has 0 saturated carbocycles. The number of rotatable bonds is 2. The zero-order valence-electron chi connectivity index (χ0n) is 12.3. The Kier molecular flexibility index (Phi) is 4.62. The molecule has 1 saturated heterocycles. The van der Waals surface area contributed by atoms with Gasteiger partial charge in [0, 0.05) is 42.3 Å². The summed E-state index contributed by atoms with van der Waals surface area (Å²) in [5.74, 6) is 0.566. The molecule has 2 aliphatic rings. The summed E-state index contributed by atoms with van der Waals surface area (Å²) in [6.45, 7) is 3.31. The summed E-state index contributed by atoms with van der Waals surface area (Å²) in [5.41, 5.74) is 4.06. The number of fused-ring (bicyclic) bond motifs is 3. The highest BCUT2D eigenvalue weighted by molar-refractivity contribution is 6.30. The second kappa shape index (κ2) is 6.49. The highest BCUT2D eigenvalue weighted by Gasteiger charge is 2.36. The number of benzene rings is 2. The van der Waals surface area contributed by atoms with Gasteiger partial charge in [-0.05, 0) is 35.7 Å². The van der Waals surface area contributed by atoms with Gasteiger partial charge in [0.05, 0.1) is 0 Å². The first-order chi connectivity index (χ1) is 10.3. The van der Waals surface area contributed by atoms with E-state index >= 15 is 0 Å². The molecule has 2 heterocycles. The van der Waals surface area contributed by atoms with Crippen LogP contribution in [0.15, 0.2) is 48.5 Å². The minimum atomic E-state index is 0. The van der Waals surface area contributed by atoms with E-state index in [0.29, 0.717) is 12.0 Å². The fourth-order valence-corrected chi connectivity index (χ4v) is 3.84. The average Bonchev–Trinajstić information content (AvgIpc) is 2.86. The summed E-state index contributed by atoms with van der Waals surface area (Å²) in [7, 11) is 0. The van der Waals surface area contributed by atoms with Crippen LogP contribution >= 0.6 is 24.0 Å². The van der Waals surface area contributed by atoms with Gasteiger partial charge in [-0.25, -0.2) is 0 Å². The van der Waals surface area contributed by atoms with Gasteiger partial charge in [0.25, 0.3) is 0 Å². The van der Waals surface area contributed by atoms with E-state index in [9.17, 15) is 0 Å². The van der Waals surface area contributed by atoms with E-state index in [1.807, 2.05) is 6.07 Å². The van der Waals surface area contributed by atoms with Gasteiger partial charge in [-0.2, -0.15) is 0 Å². The number of piperidine rings is 1. The van der Waals surface area contributed by atoms with Gasteiger partial charge in [0.2, 0.25) is 0 Å². The third kappa shape index (κ3) is 2.96. The van der Waals surface area contributed by atoms with Crippen LogP contribution in [0, 0.1) is 0 Å². The van der Waals surface area contributed by atoms with Gasteiger partial charge >= 0.3 is 0 Å². The quantitative estimate of drug-likeness (QED) is 0.866. The minimum Gasteiger partial charge on any atom is -0.381 e. The largest absolute Gasteiger partial charge is 0.381 e. The van der Waals surface area contributed by atoms with Crippen LogP contribution in [-0.2, 0) is 6.54 Å². The number of hydrogen-bond acceptors (Lipinski definition) is 2. The lowest BCUT2D eigenvalue weighted by molar-refractivity contribution is 0.194. The molecule has 0 bridgehead atoms. The first-order valence-corrected chi connectivity index (χ1v) is 8.00. The first-order valence-electron chi connectivity index (χ1n) is 7.62. The van der Waals surface area contributed by atoms with Crippen molar-refractivity contribution in [3.8, 4) is 0 Å². The third-order valence-corrected chi connectivity index (χ3v) is 4.94. The first kappa shape index (κ1) is 15.7. The van der Waals surface area contributed by atoms with Crippen molar-refractivity contribution in [1.29, 1.82) is 0 Å². The monoisotopic (exact) mass is 334 g/mol. The van der Waals surface area contributed by atoms with E-state index in [1.165, 1.54) is 23.2 Å². The van der Waals surface area contributed by atoms with Crippen LogP contribution in [0.3, 0.4) is 0 Å². The Morgan fingerprint density at radius 2 is 1.95 bits per heavy atom. The van der Waals surface area contributed by atoms with E-state index in [0.717, 1.165) is 24.7 Å². The Bertz CT molecular complexity index is 645. The van der Waals surface area contributed by atoms with Crippen LogP contribution in [0.2, 0.25) is 5.02 Å². The Morgan fingerprint density at radius 3 is 2.77 bits per heavy atom. The molecule has 116 valence electrons. The number of halogens is 2. The van der Waals surface area contributed by atoms with E-state index in [-0.39, 0.29) is 12.4 Å². The molecule has 4 rings (SSSR count). The van der Waals surface area contributed by atoms with Crippen LogP contribution < -0.4 is 5.32 Å². The molecular weight excluding hydrogens is 315 g/mol. The maximum atomic E-state index is 6.18. The molecule has 0 amide bonds. The molecule has 2 atom stereocenters. The summed E-state index contributed by atoms with van der Waals surface area (Å²) in [5, 5.41) is 4.51. The highest BCUT2D eigenvalue weighted by atomic mass is 35.5. The number of anilines is 1. The van der Waals surface area contributed by atoms with Crippen molar-refractivity contribution in [2.75, 3.05) is 18.4 Å². The molecule has 2 aromatic carbocycles. The van der Waals surface area contributed by atoms with Crippen molar-refractivity contribution in [2.24, 2.45) is 0 Å². The van der Waals surface area contributed by atoms with E-state index in [2.05, 4.69) is 52.7 Å². The van der Waals surface area contributed by atoms with Crippen LogP contribution in [0.4, 0.5) is 5.69 Å². The summed E-state index contributed by atoms with van der Waals surface area (Å²) in [6.07, 6.45) is 1.20. The van der Waals surface area contributed by atoms with Gasteiger partial charge in [-0.1, -0.05) is 41.9 Å². The molecule has 4 heteroatoms. The molecule has 1 fully saturated rings.